The Kier molecular flexibility index (Phi) is 7.06. The molecule has 1 fully saturated rings. The van der Waals surface area contributed by atoms with E-state index in [-0.39, 0.29) is 16.4 Å². The minimum absolute atomic E-state index is 0.0288. The summed E-state index contributed by atoms with van der Waals surface area (Å²) >= 11 is 13.1. The van der Waals surface area contributed by atoms with Crippen LogP contribution in [-0.4, -0.2) is 16.9 Å². The standard InChI is InChI=1S/C24H15ClFIN2O3S/c25-16-8-5-14(6-9-16)13-32-21-10-7-15(12-19(21)27)11-17-22(30)28-24(33)29(23(17)31)20-4-2-1-3-18(20)26/h1-12H,13H2,(H,28,30,33)/b17-11+. The van der Waals surface area contributed by atoms with Crippen LogP contribution < -0.4 is 15.0 Å². The number of amides is 2. The van der Waals surface area contributed by atoms with Crippen molar-refractivity contribution in [1.82, 2.24) is 5.32 Å². The summed E-state index contributed by atoms with van der Waals surface area (Å²) in [6.07, 6.45) is 1.44. The van der Waals surface area contributed by atoms with Crippen LogP contribution in [0.15, 0.2) is 72.3 Å². The molecule has 0 aromatic heterocycles. The van der Waals surface area contributed by atoms with Gasteiger partial charge in [0.1, 0.15) is 23.7 Å². The number of nitrogens with zero attached hydrogens (tertiary/aromatic N) is 1. The zero-order valence-corrected chi connectivity index (χ0v) is 20.6. The first-order chi connectivity index (χ1) is 15.8. The fourth-order valence-electron chi connectivity index (χ4n) is 3.14. The average molecular weight is 593 g/mol. The smallest absolute Gasteiger partial charge is 0.270 e. The minimum Gasteiger partial charge on any atom is -0.488 e. The van der Waals surface area contributed by atoms with Gasteiger partial charge in [0.05, 0.1) is 9.26 Å². The molecule has 1 heterocycles. The van der Waals surface area contributed by atoms with Crippen molar-refractivity contribution in [2.45, 2.75) is 6.61 Å². The van der Waals surface area contributed by atoms with Crippen molar-refractivity contribution in [2.75, 3.05) is 4.90 Å². The molecule has 1 aliphatic rings. The number of carbonyl (C=O) groups is 2. The summed E-state index contributed by atoms with van der Waals surface area (Å²) in [6, 6.07) is 18.4. The van der Waals surface area contributed by atoms with Crippen LogP contribution in [0.3, 0.4) is 0 Å². The van der Waals surface area contributed by atoms with Gasteiger partial charge in [-0.05, 0) is 88.4 Å². The predicted octanol–water partition coefficient (Wildman–Crippen LogP) is 5.49. The van der Waals surface area contributed by atoms with Crippen LogP contribution >= 0.6 is 46.4 Å². The monoisotopic (exact) mass is 592 g/mol. The second-order valence-electron chi connectivity index (χ2n) is 7.01. The third kappa shape index (κ3) is 5.23. The maximum atomic E-state index is 14.3. The lowest BCUT2D eigenvalue weighted by Gasteiger charge is -2.29. The highest BCUT2D eigenvalue weighted by Crippen LogP contribution is 2.27. The first-order valence-corrected chi connectivity index (χ1v) is 11.5. The molecule has 166 valence electrons. The Morgan fingerprint density at radius 3 is 2.52 bits per heavy atom. The van der Waals surface area contributed by atoms with E-state index in [0.29, 0.717) is 22.9 Å². The molecule has 0 aliphatic carbocycles. The molecular formula is C24H15ClFIN2O3S. The number of thiocarbonyl (C=S) groups is 1. The van der Waals surface area contributed by atoms with Crippen molar-refractivity contribution < 1.29 is 18.7 Å². The molecule has 3 aromatic carbocycles. The number of hydrogen-bond donors (Lipinski definition) is 1. The van der Waals surface area contributed by atoms with Crippen LogP contribution in [0, 0.1) is 9.39 Å². The fourth-order valence-corrected chi connectivity index (χ4v) is 4.24. The summed E-state index contributed by atoms with van der Waals surface area (Å²) in [6.45, 7) is 0.365. The second-order valence-corrected chi connectivity index (χ2v) is 9.00. The summed E-state index contributed by atoms with van der Waals surface area (Å²) in [7, 11) is 0. The molecule has 0 radical (unpaired) electrons. The molecule has 0 saturated carbocycles. The first kappa shape index (κ1) is 23.3. The second kappa shape index (κ2) is 9.98. The first-order valence-electron chi connectivity index (χ1n) is 9.66. The Bertz CT molecular complexity index is 1300. The predicted molar refractivity (Wildman–Crippen MR) is 138 cm³/mol. The van der Waals surface area contributed by atoms with E-state index in [9.17, 15) is 14.0 Å². The lowest BCUT2D eigenvalue weighted by Crippen LogP contribution is -2.54. The molecule has 1 saturated heterocycles. The number of rotatable bonds is 5. The molecule has 0 bridgehead atoms. The van der Waals surface area contributed by atoms with Crippen LogP contribution in [0.4, 0.5) is 10.1 Å². The van der Waals surface area contributed by atoms with Crippen LogP contribution in [0.1, 0.15) is 11.1 Å². The van der Waals surface area contributed by atoms with Crippen LogP contribution in [-0.2, 0) is 16.2 Å². The largest absolute Gasteiger partial charge is 0.488 e. The van der Waals surface area contributed by atoms with E-state index in [4.69, 9.17) is 28.6 Å². The fraction of sp³-hybridized carbons (Fsp3) is 0.0417. The molecule has 0 spiro atoms. The minimum atomic E-state index is -0.702. The lowest BCUT2D eigenvalue weighted by molar-refractivity contribution is -0.122. The Balaban J connectivity index is 1.57. The quantitative estimate of drug-likeness (QED) is 0.184. The molecule has 1 N–H and O–H groups in total. The molecular weight excluding hydrogens is 578 g/mol. The van der Waals surface area contributed by atoms with Gasteiger partial charge in [0, 0.05) is 5.02 Å². The number of hydrogen-bond acceptors (Lipinski definition) is 4. The van der Waals surface area contributed by atoms with Crippen LogP contribution in [0.25, 0.3) is 6.08 Å². The summed E-state index contributed by atoms with van der Waals surface area (Å²) in [4.78, 5) is 26.5. The maximum Gasteiger partial charge on any atom is 0.270 e. The van der Waals surface area contributed by atoms with Gasteiger partial charge in [0.15, 0.2) is 5.11 Å². The lowest BCUT2D eigenvalue weighted by atomic mass is 10.1. The van der Waals surface area contributed by atoms with Crippen molar-refractivity contribution in [3.63, 3.8) is 0 Å². The van der Waals surface area contributed by atoms with Crippen LogP contribution in [0.2, 0.25) is 5.02 Å². The molecule has 0 unspecified atom stereocenters. The van der Waals surface area contributed by atoms with Gasteiger partial charge in [0.25, 0.3) is 11.8 Å². The Morgan fingerprint density at radius 1 is 1.09 bits per heavy atom. The van der Waals surface area contributed by atoms with Gasteiger partial charge in [-0.3, -0.25) is 14.9 Å². The third-order valence-electron chi connectivity index (χ3n) is 4.77. The van der Waals surface area contributed by atoms with Gasteiger partial charge in [-0.15, -0.1) is 0 Å². The molecule has 4 rings (SSSR count). The van der Waals surface area contributed by atoms with E-state index in [1.165, 1.54) is 24.3 Å². The van der Waals surface area contributed by atoms with Crippen molar-refractivity contribution >= 4 is 75.1 Å². The molecule has 1 aliphatic heterocycles. The zero-order valence-electron chi connectivity index (χ0n) is 16.8. The molecule has 33 heavy (non-hydrogen) atoms. The Morgan fingerprint density at radius 2 is 1.82 bits per heavy atom. The van der Waals surface area contributed by atoms with Gasteiger partial charge in [0.2, 0.25) is 0 Å². The number of carbonyl (C=O) groups excluding carboxylic acids is 2. The summed E-state index contributed by atoms with van der Waals surface area (Å²) in [5.41, 5.74) is 1.39. The molecule has 2 amide bonds. The summed E-state index contributed by atoms with van der Waals surface area (Å²) < 4.78 is 20.9. The summed E-state index contributed by atoms with van der Waals surface area (Å²) in [5.74, 6) is -1.32. The molecule has 5 nitrogen and oxygen atoms in total. The number of ether oxygens (including phenoxy) is 1. The number of halogens is 3. The third-order valence-corrected chi connectivity index (χ3v) is 6.15. The zero-order chi connectivity index (χ0) is 23.5. The van der Waals surface area contributed by atoms with Crippen molar-refractivity contribution in [3.8, 4) is 5.75 Å². The van der Waals surface area contributed by atoms with Crippen molar-refractivity contribution in [1.29, 1.82) is 0 Å². The Hall–Kier alpha value is -2.82. The van der Waals surface area contributed by atoms with Gasteiger partial charge in [-0.1, -0.05) is 41.9 Å². The van der Waals surface area contributed by atoms with Gasteiger partial charge >= 0.3 is 0 Å². The maximum absolute atomic E-state index is 14.3. The molecule has 9 heteroatoms. The van der Waals surface area contributed by atoms with E-state index < -0.39 is 17.6 Å². The van der Waals surface area contributed by atoms with Gasteiger partial charge < -0.3 is 4.74 Å². The Labute approximate surface area is 213 Å². The van der Waals surface area contributed by atoms with Gasteiger partial charge in [-0.2, -0.15) is 0 Å². The number of nitrogens with one attached hydrogen (secondary N) is 1. The van der Waals surface area contributed by atoms with E-state index in [2.05, 4.69) is 27.9 Å². The highest BCUT2D eigenvalue weighted by atomic mass is 127. The molecule has 0 atom stereocenters. The van der Waals surface area contributed by atoms with E-state index in [0.717, 1.165) is 14.0 Å². The normalized spacial score (nSPS) is 15.1. The average Bonchev–Trinajstić information content (AvgIpc) is 2.78. The highest BCUT2D eigenvalue weighted by molar-refractivity contribution is 14.1. The van der Waals surface area contributed by atoms with E-state index in [1.807, 2.05) is 12.1 Å². The SMILES string of the molecule is O=C1NC(=S)N(c2ccccc2F)C(=O)/C1=C/c1ccc(OCc2ccc(Cl)cc2)c(I)c1. The van der Waals surface area contributed by atoms with Gasteiger partial charge in [-0.25, -0.2) is 9.29 Å². The van der Waals surface area contributed by atoms with E-state index in [1.54, 1.807) is 36.4 Å². The van der Waals surface area contributed by atoms with Crippen molar-refractivity contribution in [3.05, 3.63) is 97.8 Å². The number of para-hydroxylation sites is 1. The van der Waals surface area contributed by atoms with Crippen molar-refractivity contribution in [2.24, 2.45) is 0 Å². The number of anilines is 1. The summed E-state index contributed by atoms with van der Waals surface area (Å²) in [5, 5.41) is 2.93. The molecule has 3 aromatic rings. The highest BCUT2D eigenvalue weighted by Gasteiger charge is 2.35. The number of benzene rings is 3. The van der Waals surface area contributed by atoms with E-state index >= 15 is 0 Å². The topological polar surface area (TPSA) is 58.6 Å². The van der Waals surface area contributed by atoms with Crippen LogP contribution in [0.5, 0.6) is 5.75 Å².